The zero-order valence-corrected chi connectivity index (χ0v) is 19.7. The Morgan fingerprint density at radius 1 is 1.06 bits per heavy atom. The van der Waals surface area contributed by atoms with Gasteiger partial charge in [0, 0.05) is 17.3 Å². The molecule has 1 N–H and O–H groups in total. The molecule has 1 saturated carbocycles. The van der Waals surface area contributed by atoms with Gasteiger partial charge in [-0.25, -0.2) is 18.1 Å². The number of pyridine rings is 1. The van der Waals surface area contributed by atoms with Crippen molar-refractivity contribution in [3.05, 3.63) is 51.8 Å². The van der Waals surface area contributed by atoms with Gasteiger partial charge in [-0.05, 0) is 64.2 Å². The molecule has 2 fully saturated rings. The number of carbonyl (C=O) groups excluding carboxylic acids is 1. The number of anilines is 1. The highest BCUT2D eigenvalue weighted by molar-refractivity contribution is 7.91. The molecule has 168 valence electrons. The standard InChI is InChI=1S/C24H28N4O3S/c1-13-9-14(2)22(15(3)10-13)26-24(29)19-11-20(17-5-6-17)25-23-21(19)16(4)27-28(23)18-7-8-32(30,31)12-18/h9-11,17-18H,5-8,12H2,1-4H3,(H,26,29). The Kier molecular flexibility index (Phi) is 4.89. The first-order valence-corrected chi connectivity index (χ1v) is 12.9. The number of carbonyl (C=O) groups is 1. The predicted molar refractivity (Wildman–Crippen MR) is 125 cm³/mol. The van der Waals surface area contributed by atoms with Crippen LogP contribution in [0.1, 0.15) is 69.7 Å². The van der Waals surface area contributed by atoms with Gasteiger partial charge in [0.05, 0.1) is 34.2 Å². The van der Waals surface area contributed by atoms with Crippen LogP contribution < -0.4 is 5.32 Å². The minimum Gasteiger partial charge on any atom is -0.321 e. The van der Waals surface area contributed by atoms with Crippen molar-refractivity contribution in [1.82, 2.24) is 14.8 Å². The minimum atomic E-state index is -3.07. The summed E-state index contributed by atoms with van der Waals surface area (Å²) < 4.78 is 25.9. The van der Waals surface area contributed by atoms with E-state index in [1.807, 2.05) is 33.8 Å². The summed E-state index contributed by atoms with van der Waals surface area (Å²) in [6.45, 7) is 7.90. The van der Waals surface area contributed by atoms with Crippen LogP contribution in [0.5, 0.6) is 0 Å². The number of nitrogens with one attached hydrogen (secondary N) is 1. The molecule has 1 atom stereocenters. The van der Waals surface area contributed by atoms with Gasteiger partial charge in [0.15, 0.2) is 15.5 Å². The molecule has 0 bridgehead atoms. The highest BCUT2D eigenvalue weighted by atomic mass is 32.2. The molecule has 3 aromatic rings. The van der Waals surface area contributed by atoms with Gasteiger partial charge in [-0.15, -0.1) is 0 Å². The van der Waals surface area contributed by atoms with Crippen molar-refractivity contribution in [2.24, 2.45) is 0 Å². The number of hydrogen-bond acceptors (Lipinski definition) is 5. The quantitative estimate of drug-likeness (QED) is 0.642. The van der Waals surface area contributed by atoms with Crippen LogP contribution in [0.15, 0.2) is 18.2 Å². The van der Waals surface area contributed by atoms with Crippen molar-refractivity contribution in [3.63, 3.8) is 0 Å². The highest BCUT2D eigenvalue weighted by Gasteiger charge is 2.34. The number of aryl methyl sites for hydroxylation is 4. The molecule has 8 heteroatoms. The Labute approximate surface area is 188 Å². The van der Waals surface area contributed by atoms with E-state index in [0.29, 0.717) is 34.6 Å². The Balaban J connectivity index is 1.62. The summed E-state index contributed by atoms with van der Waals surface area (Å²) in [5, 5.41) is 8.49. The number of aromatic nitrogens is 3. The third-order valence-electron chi connectivity index (χ3n) is 6.57. The van der Waals surface area contributed by atoms with Crippen molar-refractivity contribution in [2.45, 2.75) is 58.9 Å². The molecule has 0 spiro atoms. The maximum atomic E-state index is 13.5. The molecule has 1 amide bonds. The molecule has 1 saturated heterocycles. The van der Waals surface area contributed by atoms with Crippen LogP contribution in [-0.2, 0) is 9.84 Å². The van der Waals surface area contributed by atoms with Crippen molar-refractivity contribution >= 4 is 32.5 Å². The molecule has 3 heterocycles. The number of rotatable bonds is 4. The van der Waals surface area contributed by atoms with Crippen LogP contribution in [0, 0.1) is 27.7 Å². The first-order valence-electron chi connectivity index (χ1n) is 11.1. The van der Waals surface area contributed by atoms with Gasteiger partial charge in [0.1, 0.15) is 0 Å². The summed E-state index contributed by atoms with van der Waals surface area (Å²) in [5.74, 6) is 0.405. The van der Waals surface area contributed by atoms with E-state index < -0.39 is 9.84 Å². The van der Waals surface area contributed by atoms with Crippen LogP contribution in [0.3, 0.4) is 0 Å². The SMILES string of the molecule is Cc1cc(C)c(NC(=O)c2cc(C3CC3)nc3c2c(C)nn3C2CCS(=O)(=O)C2)c(C)c1. The van der Waals surface area contributed by atoms with Gasteiger partial charge in [0.25, 0.3) is 5.91 Å². The normalized spacial score (nSPS) is 20.1. The topological polar surface area (TPSA) is 93.9 Å². The van der Waals surface area contributed by atoms with Crippen LogP contribution in [0.25, 0.3) is 11.0 Å². The molecular formula is C24H28N4O3S. The van der Waals surface area contributed by atoms with Crippen LogP contribution in [0.2, 0.25) is 0 Å². The van der Waals surface area contributed by atoms with Crippen molar-refractivity contribution in [3.8, 4) is 0 Å². The monoisotopic (exact) mass is 452 g/mol. The minimum absolute atomic E-state index is 0.0713. The van der Waals surface area contributed by atoms with Crippen LogP contribution in [0.4, 0.5) is 5.69 Å². The van der Waals surface area contributed by atoms with E-state index in [2.05, 4.69) is 22.5 Å². The third kappa shape index (κ3) is 3.70. The highest BCUT2D eigenvalue weighted by Crippen LogP contribution is 2.41. The summed E-state index contributed by atoms with van der Waals surface area (Å²) in [6, 6.07) is 5.78. The van der Waals surface area contributed by atoms with Crippen LogP contribution >= 0.6 is 0 Å². The molecule has 7 nitrogen and oxygen atoms in total. The summed E-state index contributed by atoms with van der Waals surface area (Å²) >= 11 is 0. The fraction of sp³-hybridized carbons (Fsp3) is 0.458. The summed E-state index contributed by atoms with van der Waals surface area (Å²) in [4.78, 5) is 18.4. The zero-order valence-electron chi connectivity index (χ0n) is 18.9. The lowest BCUT2D eigenvalue weighted by atomic mass is 10.0. The van der Waals surface area contributed by atoms with E-state index in [9.17, 15) is 13.2 Å². The Bertz CT molecular complexity index is 1350. The van der Waals surface area contributed by atoms with Gasteiger partial charge in [-0.3, -0.25) is 4.79 Å². The second-order valence-corrected chi connectivity index (χ2v) is 11.6. The Hall–Kier alpha value is -2.74. The van der Waals surface area contributed by atoms with Gasteiger partial charge >= 0.3 is 0 Å². The van der Waals surface area contributed by atoms with Crippen molar-refractivity contribution in [1.29, 1.82) is 0 Å². The molecule has 2 aliphatic rings. The van der Waals surface area contributed by atoms with E-state index in [1.54, 1.807) is 4.68 Å². The van der Waals surface area contributed by atoms with E-state index >= 15 is 0 Å². The average molecular weight is 453 g/mol. The maximum absolute atomic E-state index is 13.5. The second kappa shape index (κ2) is 7.40. The van der Waals surface area contributed by atoms with E-state index in [4.69, 9.17) is 4.98 Å². The number of fused-ring (bicyclic) bond motifs is 1. The number of nitrogens with zero attached hydrogens (tertiary/aromatic N) is 3. The first-order chi connectivity index (χ1) is 15.1. The summed E-state index contributed by atoms with van der Waals surface area (Å²) in [6.07, 6.45) is 2.64. The molecule has 1 aliphatic carbocycles. The molecule has 1 aliphatic heterocycles. The Morgan fingerprint density at radius 2 is 1.75 bits per heavy atom. The fourth-order valence-corrected chi connectivity index (χ4v) is 6.57. The van der Waals surface area contributed by atoms with Crippen molar-refractivity contribution < 1.29 is 13.2 Å². The molecular weight excluding hydrogens is 424 g/mol. The molecule has 2 aromatic heterocycles. The lowest BCUT2D eigenvalue weighted by Gasteiger charge is -2.15. The third-order valence-corrected chi connectivity index (χ3v) is 8.32. The Morgan fingerprint density at radius 3 is 2.34 bits per heavy atom. The van der Waals surface area contributed by atoms with Gasteiger partial charge in [-0.1, -0.05) is 17.7 Å². The fourth-order valence-electron chi connectivity index (χ4n) is 4.88. The number of hydrogen-bond donors (Lipinski definition) is 1. The molecule has 1 unspecified atom stereocenters. The van der Waals surface area contributed by atoms with Gasteiger partial charge in [-0.2, -0.15) is 5.10 Å². The van der Waals surface area contributed by atoms with Crippen LogP contribution in [-0.4, -0.2) is 40.6 Å². The smallest absolute Gasteiger partial charge is 0.256 e. The maximum Gasteiger partial charge on any atom is 0.256 e. The molecule has 1 aromatic carbocycles. The van der Waals surface area contributed by atoms with E-state index in [-0.39, 0.29) is 23.5 Å². The van der Waals surface area contributed by atoms with Crippen molar-refractivity contribution in [2.75, 3.05) is 16.8 Å². The second-order valence-electron chi connectivity index (χ2n) is 9.38. The molecule has 32 heavy (non-hydrogen) atoms. The zero-order chi connectivity index (χ0) is 22.8. The van der Waals surface area contributed by atoms with E-state index in [1.165, 1.54) is 0 Å². The van der Waals surface area contributed by atoms with E-state index in [0.717, 1.165) is 40.9 Å². The largest absolute Gasteiger partial charge is 0.321 e. The average Bonchev–Trinajstić information content (AvgIpc) is 3.43. The lowest BCUT2D eigenvalue weighted by Crippen LogP contribution is -2.16. The lowest BCUT2D eigenvalue weighted by molar-refractivity contribution is 0.102. The summed E-state index contributed by atoms with van der Waals surface area (Å²) in [7, 11) is -3.07. The number of amides is 1. The first kappa shape index (κ1) is 21.1. The van der Waals surface area contributed by atoms with Gasteiger partial charge < -0.3 is 5.32 Å². The predicted octanol–water partition coefficient (Wildman–Crippen LogP) is 4.15. The van der Waals surface area contributed by atoms with Gasteiger partial charge in [0.2, 0.25) is 0 Å². The molecule has 0 radical (unpaired) electrons. The number of benzene rings is 1. The number of sulfone groups is 1. The molecule has 5 rings (SSSR count). The summed E-state index contributed by atoms with van der Waals surface area (Å²) in [5.41, 5.74) is 6.79.